The number of para-hydroxylation sites is 1. The first-order chi connectivity index (χ1) is 9.15. The summed E-state index contributed by atoms with van der Waals surface area (Å²) in [6.07, 6.45) is 0. The normalized spacial score (nSPS) is 12.6. The van der Waals surface area contributed by atoms with Gasteiger partial charge in [-0.2, -0.15) is 0 Å². The Morgan fingerprint density at radius 2 is 2.16 bits per heavy atom. The first kappa shape index (κ1) is 13.6. The largest absolute Gasteiger partial charge is 0.451 e. The minimum atomic E-state index is -0.0704. The number of hydrogen-bond acceptors (Lipinski definition) is 3. The molecule has 0 aliphatic heterocycles. The maximum atomic E-state index is 12.4. The molecule has 0 saturated heterocycles. The number of hydrogen-bond donors (Lipinski definition) is 1. The van der Waals surface area contributed by atoms with E-state index in [0.717, 1.165) is 11.0 Å². The molecule has 2 N–H and O–H groups in total. The molecular weight excluding hydrogens is 240 g/mol. The Kier molecular flexibility index (Phi) is 4.22. The van der Waals surface area contributed by atoms with Crippen LogP contribution in [0.1, 0.15) is 24.4 Å². The summed E-state index contributed by atoms with van der Waals surface area (Å²) in [6.45, 7) is 5.88. The number of benzene rings is 1. The van der Waals surface area contributed by atoms with Gasteiger partial charge in [0.25, 0.3) is 5.91 Å². The van der Waals surface area contributed by atoms with Crippen molar-refractivity contribution in [2.75, 3.05) is 19.6 Å². The van der Waals surface area contributed by atoms with Crippen molar-refractivity contribution in [3.05, 3.63) is 36.1 Å². The van der Waals surface area contributed by atoms with Crippen molar-refractivity contribution in [3.8, 4) is 0 Å². The molecule has 1 atom stereocenters. The van der Waals surface area contributed by atoms with Crippen molar-refractivity contribution in [2.45, 2.75) is 13.8 Å². The monoisotopic (exact) mass is 260 g/mol. The number of carbonyl (C=O) groups excluding carboxylic acids is 1. The number of rotatable bonds is 5. The van der Waals surface area contributed by atoms with Crippen molar-refractivity contribution < 1.29 is 9.21 Å². The van der Waals surface area contributed by atoms with Gasteiger partial charge in [-0.05, 0) is 31.5 Å². The molecule has 0 saturated carbocycles. The number of nitrogens with zero attached hydrogens (tertiary/aromatic N) is 1. The molecule has 19 heavy (non-hydrogen) atoms. The van der Waals surface area contributed by atoms with Crippen LogP contribution in [0.15, 0.2) is 34.7 Å². The summed E-state index contributed by atoms with van der Waals surface area (Å²) in [7, 11) is 0. The average molecular weight is 260 g/mol. The zero-order chi connectivity index (χ0) is 13.8. The first-order valence-corrected chi connectivity index (χ1v) is 6.63. The lowest BCUT2D eigenvalue weighted by molar-refractivity contribution is 0.0714. The molecule has 4 nitrogen and oxygen atoms in total. The van der Waals surface area contributed by atoms with Crippen LogP contribution in [0.25, 0.3) is 11.0 Å². The quantitative estimate of drug-likeness (QED) is 0.898. The molecule has 0 radical (unpaired) electrons. The van der Waals surface area contributed by atoms with E-state index in [1.54, 1.807) is 11.0 Å². The minimum absolute atomic E-state index is 0.0704. The molecule has 0 aliphatic carbocycles. The van der Waals surface area contributed by atoms with Gasteiger partial charge in [0, 0.05) is 18.5 Å². The SMILES string of the molecule is CCN(CC(C)CN)C(=O)c1cc2ccccc2o1. The summed E-state index contributed by atoms with van der Waals surface area (Å²) in [4.78, 5) is 14.2. The van der Waals surface area contributed by atoms with Crippen LogP contribution >= 0.6 is 0 Å². The van der Waals surface area contributed by atoms with E-state index in [1.807, 2.05) is 38.1 Å². The number of fused-ring (bicyclic) bond motifs is 1. The van der Waals surface area contributed by atoms with Crippen molar-refractivity contribution >= 4 is 16.9 Å². The summed E-state index contributed by atoms with van der Waals surface area (Å²) >= 11 is 0. The Morgan fingerprint density at radius 1 is 1.42 bits per heavy atom. The van der Waals surface area contributed by atoms with Gasteiger partial charge in [-0.3, -0.25) is 4.79 Å². The van der Waals surface area contributed by atoms with Gasteiger partial charge in [0.05, 0.1) is 0 Å². The first-order valence-electron chi connectivity index (χ1n) is 6.63. The van der Waals surface area contributed by atoms with Crippen molar-refractivity contribution in [1.82, 2.24) is 4.90 Å². The third kappa shape index (κ3) is 2.96. The molecule has 102 valence electrons. The highest BCUT2D eigenvalue weighted by atomic mass is 16.3. The van der Waals surface area contributed by atoms with E-state index in [9.17, 15) is 4.79 Å². The van der Waals surface area contributed by atoms with Crippen LogP contribution in [0.3, 0.4) is 0 Å². The molecule has 0 bridgehead atoms. The molecule has 1 aromatic heterocycles. The molecule has 1 aromatic carbocycles. The Hall–Kier alpha value is -1.81. The van der Waals surface area contributed by atoms with Gasteiger partial charge < -0.3 is 15.1 Å². The van der Waals surface area contributed by atoms with Gasteiger partial charge in [-0.25, -0.2) is 0 Å². The van der Waals surface area contributed by atoms with Crippen LogP contribution in [-0.4, -0.2) is 30.4 Å². The fourth-order valence-electron chi connectivity index (χ4n) is 2.05. The van der Waals surface area contributed by atoms with E-state index in [-0.39, 0.29) is 11.8 Å². The molecule has 1 amide bonds. The average Bonchev–Trinajstić information content (AvgIpc) is 2.87. The van der Waals surface area contributed by atoms with Crippen molar-refractivity contribution in [2.24, 2.45) is 11.7 Å². The molecule has 0 aliphatic rings. The topological polar surface area (TPSA) is 59.5 Å². The Balaban J connectivity index is 2.21. The summed E-state index contributed by atoms with van der Waals surface area (Å²) in [5, 5.41) is 0.953. The highest BCUT2D eigenvalue weighted by molar-refractivity contribution is 5.96. The number of carbonyl (C=O) groups is 1. The predicted molar refractivity (Wildman–Crippen MR) is 76.0 cm³/mol. The standard InChI is InChI=1S/C15H20N2O2/c1-3-17(10-11(2)9-16)15(18)14-8-12-6-4-5-7-13(12)19-14/h4-8,11H,3,9-10,16H2,1-2H3. The van der Waals surface area contributed by atoms with E-state index < -0.39 is 0 Å². The van der Waals surface area contributed by atoms with Gasteiger partial charge in [-0.1, -0.05) is 25.1 Å². The lowest BCUT2D eigenvalue weighted by Crippen LogP contribution is -2.36. The third-order valence-electron chi connectivity index (χ3n) is 3.24. The second-order valence-electron chi connectivity index (χ2n) is 4.83. The van der Waals surface area contributed by atoms with Gasteiger partial charge in [0.15, 0.2) is 5.76 Å². The van der Waals surface area contributed by atoms with Crippen molar-refractivity contribution in [3.63, 3.8) is 0 Å². The lowest BCUT2D eigenvalue weighted by Gasteiger charge is -2.22. The Bertz CT molecular complexity index is 529. The van der Waals surface area contributed by atoms with Crippen LogP contribution in [-0.2, 0) is 0 Å². The molecular formula is C15H20N2O2. The number of amides is 1. The molecule has 1 unspecified atom stereocenters. The molecule has 2 aromatic rings. The number of furan rings is 1. The molecule has 0 spiro atoms. The van der Waals surface area contributed by atoms with Gasteiger partial charge in [0.1, 0.15) is 5.58 Å². The lowest BCUT2D eigenvalue weighted by atomic mass is 10.1. The second kappa shape index (κ2) is 5.89. The summed E-state index contributed by atoms with van der Waals surface area (Å²) in [6, 6.07) is 9.43. The zero-order valence-electron chi connectivity index (χ0n) is 11.4. The van der Waals surface area contributed by atoms with Crippen LogP contribution in [0.5, 0.6) is 0 Å². The molecule has 1 heterocycles. The second-order valence-corrected chi connectivity index (χ2v) is 4.83. The van der Waals surface area contributed by atoms with Gasteiger partial charge in [0.2, 0.25) is 0 Å². The van der Waals surface area contributed by atoms with Gasteiger partial charge in [-0.15, -0.1) is 0 Å². The summed E-state index contributed by atoms with van der Waals surface area (Å²) in [5.41, 5.74) is 6.36. The number of nitrogens with two attached hydrogens (primary N) is 1. The van der Waals surface area contributed by atoms with E-state index in [4.69, 9.17) is 10.2 Å². The van der Waals surface area contributed by atoms with Gasteiger partial charge >= 0.3 is 0 Å². The minimum Gasteiger partial charge on any atom is -0.451 e. The molecule has 4 heteroatoms. The Morgan fingerprint density at radius 3 is 2.79 bits per heavy atom. The smallest absolute Gasteiger partial charge is 0.289 e. The highest BCUT2D eigenvalue weighted by Crippen LogP contribution is 2.20. The van der Waals surface area contributed by atoms with E-state index in [2.05, 4.69) is 0 Å². The fourth-order valence-corrected chi connectivity index (χ4v) is 2.05. The summed E-state index contributed by atoms with van der Waals surface area (Å²) < 4.78 is 5.61. The van der Waals surface area contributed by atoms with E-state index in [0.29, 0.717) is 25.4 Å². The van der Waals surface area contributed by atoms with Crippen LogP contribution in [0, 0.1) is 5.92 Å². The highest BCUT2D eigenvalue weighted by Gasteiger charge is 2.19. The van der Waals surface area contributed by atoms with E-state index >= 15 is 0 Å². The zero-order valence-corrected chi connectivity index (χ0v) is 11.4. The maximum Gasteiger partial charge on any atom is 0.289 e. The Labute approximate surface area is 113 Å². The fraction of sp³-hybridized carbons (Fsp3) is 0.400. The van der Waals surface area contributed by atoms with Crippen LogP contribution < -0.4 is 5.73 Å². The predicted octanol–water partition coefficient (Wildman–Crippen LogP) is 2.49. The molecule has 2 rings (SSSR count). The van der Waals surface area contributed by atoms with Crippen molar-refractivity contribution in [1.29, 1.82) is 0 Å². The van der Waals surface area contributed by atoms with E-state index in [1.165, 1.54) is 0 Å². The van der Waals surface area contributed by atoms with Crippen LogP contribution in [0.2, 0.25) is 0 Å². The third-order valence-corrected chi connectivity index (χ3v) is 3.24. The molecule has 0 fully saturated rings. The van der Waals surface area contributed by atoms with Crippen LogP contribution in [0.4, 0.5) is 0 Å². The maximum absolute atomic E-state index is 12.4. The summed E-state index contributed by atoms with van der Waals surface area (Å²) in [5.74, 6) is 0.611.